The molecule has 1 aromatic rings. The minimum absolute atomic E-state index is 0.592. The van der Waals surface area contributed by atoms with Gasteiger partial charge in [-0.2, -0.15) is 0 Å². The van der Waals surface area contributed by atoms with Crippen molar-refractivity contribution in [2.24, 2.45) is 5.92 Å². The predicted octanol–water partition coefficient (Wildman–Crippen LogP) is 3.23. The minimum atomic E-state index is 0.592. The van der Waals surface area contributed by atoms with Gasteiger partial charge in [0.05, 0.1) is 11.0 Å². The van der Waals surface area contributed by atoms with E-state index in [2.05, 4.69) is 56.0 Å². The molecule has 0 bridgehead atoms. The lowest BCUT2D eigenvalue weighted by Gasteiger charge is -2.35. The fraction of sp³-hybridized carbons (Fsp3) is 0.667. The lowest BCUT2D eigenvalue weighted by Crippen LogP contribution is -2.46. The average molecular weight is 366 g/mol. The van der Waals surface area contributed by atoms with Crippen LogP contribution in [0.4, 0.5) is 0 Å². The molecule has 5 heteroatoms. The van der Waals surface area contributed by atoms with Crippen molar-refractivity contribution in [2.75, 3.05) is 20.1 Å². The molecule has 17 heavy (non-hydrogen) atoms. The number of rotatable bonds is 3. The summed E-state index contributed by atoms with van der Waals surface area (Å²) < 4.78 is 7.31. The Labute approximate surface area is 119 Å². The van der Waals surface area contributed by atoms with E-state index >= 15 is 0 Å². The number of nitrogens with one attached hydrogen (secondary N) is 1. The highest BCUT2D eigenvalue weighted by Gasteiger charge is 2.23. The summed E-state index contributed by atoms with van der Waals surface area (Å²) in [6.45, 7) is 5.45. The zero-order valence-corrected chi connectivity index (χ0v) is 13.3. The molecule has 96 valence electrons. The van der Waals surface area contributed by atoms with Gasteiger partial charge in [0.15, 0.2) is 4.67 Å². The van der Waals surface area contributed by atoms with E-state index in [1.165, 1.54) is 19.5 Å². The standard InChI is InChI=1S/C12H18Br2N2O/c1-8-7-16(2)4-3-11(8)15-6-9-5-10(13)12(14)17-9/h5,8,11,15H,3-4,6-7H2,1-2H3. The van der Waals surface area contributed by atoms with Gasteiger partial charge >= 0.3 is 0 Å². The van der Waals surface area contributed by atoms with Crippen LogP contribution in [0.25, 0.3) is 0 Å². The molecule has 1 aliphatic rings. The highest BCUT2D eigenvalue weighted by molar-refractivity contribution is 9.13. The summed E-state index contributed by atoms with van der Waals surface area (Å²) in [5, 5.41) is 3.59. The molecule has 1 N–H and O–H groups in total. The van der Waals surface area contributed by atoms with Gasteiger partial charge in [0.2, 0.25) is 0 Å². The highest BCUT2D eigenvalue weighted by Crippen LogP contribution is 2.27. The third-order valence-corrected chi connectivity index (χ3v) is 5.05. The van der Waals surface area contributed by atoms with E-state index in [0.29, 0.717) is 12.0 Å². The Bertz CT molecular complexity index is 361. The molecule has 2 unspecified atom stereocenters. The van der Waals surface area contributed by atoms with E-state index in [9.17, 15) is 0 Å². The smallest absolute Gasteiger partial charge is 0.183 e. The summed E-state index contributed by atoms with van der Waals surface area (Å²) >= 11 is 6.78. The van der Waals surface area contributed by atoms with Crippen LogP contribution in [0.1, 0.15) is 19.1 Å². The summed E-state index contributed by atoms with van der Waals surface area (Å²) in [4.78, 5) is 2.39. The topological polar surface area (TPSA) is 28.4 Å². The molecule has 0 aliphatic carbocycles. The van der Waals surface area contributed by atoms with Crippen LogP contribution < -0.4 is 5.32 Å². The molecular formula is C12H18Br2N2O. The summed E-state index contributed by atoms with van der Waals surface area (Å²) in [7, 11) is 2.19. The number of hydrogen-bond donors (Lipinski definition) is 1. The second-order valence-corrected chi connectivity index (χ2v) is 6.42. The summed E-state index contributed by atoms with van der Waals surface area (Å²) in [6, 6.07) is 2.60. The Morgan fingerprint density at radius 3 is 2.88 bits per heavy atom. The van der Waals surface area contributed by atoms with Crippen LogP contribution in [0.5, 0.6) is 0 Å². The van der Waals surface area contributed by atoms with Gasteiger partial charge in [0, 0.05) is 12.6 Å². The van der Waals surface area contributed by atoms with E-state index in [1.807, 2.05) is 6.07 Å². The van der Waals surface area contributed by atoms with Gasteiger partial charge in [-0.05, 0) is 63.9 Å². The van der Waals surface area contributed by atoms with Gasteiger partial charge in [-0.25, -0.2) is 0 Å². The van der Waals surface area contributed by atoms with Crippen molar-refractivity contribution < 1.29 is 4.42 Å². The van der Waals surface area contributed by atoms with Gasteiger partial charge in [-0.3, -0.25) is 0 Å². The zero-order chi connectivity index (χ0) is 12.4. The van der Waals surface area contributed by atoms with Gasteiger partial charge in [0.1, 0.15) is 5.76 Å². The summed E-state index contributed by atoms with van der Waals surface area (Å²) in [5.41, 5.74) is 0. The number of halogens is 2. The summed E-state index contributed by atoms with van der Waals surface area (Å²) in [6.07, 6.45) is 1.21. The molecule has 0 saturated carbocycles. The van der Waals surface area contributed by atoms with E-state index < -0.39 is 0 Å². The van der Waals surface area contributed by atoms with E-state index in [4.69, 9.17) is 4.42 Å². The van der Waals surface area contributed by atoms with Crippen LogP contribution in [0.2, 0.25) is 0 Å². The van der Waals surface area contributed by atoms with Crippen LogP contribution in [-0.4, -0.2) is 31.1 Å². The zero-order valence-electron chi connectivity index (χ0n) is 10.2. The summed E-state index contributed by atoms with van der Waals surface area (Å²) in [5.74, 6) is 1.66. The SMILES string of the molecule is CC1CN(C)CCC1NCc1cc(Br)c(Br)o1. The average Bonchev–Trinajstić information content (AvgIpc) is 2.57. The van der Waals surface area contributed by atoms with Gasteiger partial charge < -0.3 is 14.6 Å². The lowest BCUT2D eigenvalue weighted by atomic mass is 9.94. The van der Waals surface area contributed by atoms with Crippen molar-refractivity contribution in [2.45, 2.75) is 25.9 Å². The fourth-order valence-corrected chi connectivity index (χ4v) is 3.03. The van der Waals surface area contributed by atoms with E-state index in [0.717, 1.165) is 21.4 Å². The molecule has 0 amide bonds. The molecule has 1 fully saturated rings. The molecule has 0 aromatic carbocycles. The van der Waals surface area contributed by atoms with Gasteiger partial charge in [-0.1, -0.05) is 6.92 Å². The number of hydrogen-bond acceptors (Lipinski definition) is 3. The van der Waals surface area contributed by atoms with Crippen molar-refractivity contribution in [3.05, 3.63) is 21.0 Å². The Balaban J connectivity index is 1.85. The van der Waals surface area contributed by atoms with Crippen molar-refractivity contribution >= 4 is 31.9 Å². The molecule has 1 aliphatic heterocycles. The first kappa shape index (κ1) is 13.6. The molecule has 0 spiro atoms. The molecule has 3 nitrogen and oxygen atoms in total. The van der Waals surface area contributed by atoms with Crippen molar-refractivity contribution in [3.63, 3.8) is 0 Å². The first-order valence-electron chi connectivity index (χ1n) is 5.92. The van der Waals surface area contributed by atoms with Gasteiger partial charge in [-0.15, -0.1) is 0 Å². The monoisotopic (exact) mass is 364 g/mol. The molecule has 2 rings (SSSR count). The second-order valence-electron chi connectivity index (χ2n) is 4.85. The maximum absolute atomic E-state index is 5.56. The van der Waals surface area contributed by atoms with E-state index in [1.54, 1.807) is 0 Å². The molecular weight excluding hydrogens is 348 g/mol. The number of likely N-dealkylation sites (tertiary alicyclic amines) is 1. The maximum Gasteiger partial charge on any atom is 0.183 e. The molecule has 2 heterocycles. The van der Waals surface area contributed by atoms with Gasteiger partial charge in [0.25, 0.3) is 0 Å². The van der Waals surface area contributed by atoms with Crippen LogP contribution in [0.15, 0.2) is 19.6 Å². The predicted molar refractivity (Wildman–Crippen MR) is 76.0 cm³/mol. The second kappa shape index (κ2) is 5.87. The largest absolute Gasteiger partial charge is 0.452 e. The van der Waals surface area contributed by atoms with Crippen LogP contribution >= 0.6 is 31.9 Å². The van der Waals surface area contributed by atoms with Crippen LogP contribution in [0.3, 0.4) is 0 Å². The van der Waals surface area contributed by atoms with Crippen LogP contribution in [0, 0.1) is 5.92 Å². The number of piperidine rings is 1. The first-order valence-corrected chi connectivity index (χ1v) is 7.50. The molecule has 1 aromatic heterocycles. The minimum Gasteiger partial charge on any atom is -0.452 e. The number of furan rings is 1. The molecule has 0 radical (unpaired) electrons. The molecule has 2 atom stereocenters. The van der Waals surface area contributed by atoms with Crippen molar-refractivity contribution in [3.8, 4) is 0 Å². The third-order valence-electron chi connectivity index (χ3n) is 3.34. The normalized spacial score (nSPS) is 26.4. The lowest BCUT2D eigenvalue weighted by molar-refractivity contribution is 0.172. The first-order chi connectivity index (χ1) is 8.06. The quantitative estimate of drug-likeness (QED) is 0.891. The Hall–Kier alpha value is 0.160. The fourth-order valence-electron chi connectivity index (χ4n) is 2.37. The third kappa shape index (κ3) is 3.56. The Morgan fingerprint density at radius 1 is 1.53 bits per heavy atom. The highest BCUT2D eigenvalue weighted by atomic mass is 79.9. The number of nitrogens with zero attached hydrogens (tertiary/aromatic N) is 1. The Kier molecular flexibility index (Phi) is 4.69. The van der Waals surface area contributed by atoms with Crippen LogP contribution in [-0.2, 0) is 6.54 Å². The van der Waals surface area contributed by atoms with E-state index in [-0.39, 0.29) is 0 Å². The Morgan fingerprint density at radius 2 is 2.29 bits per heavy atom. The van der Waals surface area contributed by atoms with Crippen molar-refractivity contribution in [1.82, 2.24) is 10.2 Å². The molecule has 1 saturated heterocycles. The van der Waals surface area contributed by atoms with Crippen molar-refractivity contribution in [1.29, 1.82) is 0 Å². The maximum atomic E-state index is 5.56.